The molecule has 0 radical (unpaired) electrons. The normalized spacial score (nSPS) is 13.9. The number of hydrogen-bond donors (Lipinski definition) is 1. The fourth-order valence-electron chi connectivity index (χ4n) is 3.78. The van der Waals surface area contributed by atoms with Crippen molar-refractivity contribution in [3.63, 3.8) is 0 Å². The Labute approximate surface area is 204 Å². The zero-order valence-electron chi connectivity index (χ0n) is 19.4. The third kappa shape index (κ3) is 6.41. The molecule has 0 saturated carbocycles. The molecular weight excluding hydrogens is 460 g/mol. The van der Waals surface area contributed by atoms with Crippen molar-refractivity contribution in [2.45, 2.75) is 32.1 Å². The predicted molar refractivity (Wildman–Crippen MR) is 129 cm³/mol. The van der Waals surface area contributed by atoms with Crippen molar-refractivity contribution in [2.75, 3.05) is 39.2 Å². The number of methoxy groups -OCH3 is 2. The summed E-state index contributed by atoms with van der Waals surface area (Å²) in [6.45, 7) is 0.933. The number of carbonyl (C=O) groups excluding carboxylic acids is 3. The van der Waals surface area contributed by atoms with Crippen LogP contribution in [0.2, 0.25) is 5.02 Å². The number of nitrogens with one attached hydrogen (secondary N) is 1. The minimum atomic E-state index is -0.768. The molecule has 1 heterocycles. The number of rotatable bonds is 7. The standard InChI is InChI=1S/C25H29ClN2O6/c1-32-21-14-18(25(31)34-16-23(29)28-12-8-4-3-5-9-13-28)20(15-22(21)33-2)27-24(30)17-10-6-7-11-19(17)26/h6-7,10-11,14-15H,3-5,8-9,12-13,16H2,1-2H3,(H,27,30). The lowest BCUT2D eigenvalue weighted by Gasteiger charge is -2.24. The van der Waals surface area contributed by atoms with Crippen LogP contribution in [-0.2, 0) is 9.53 Å². The smallest absolute Gasteiger partial charge is 0.340 e. The van der Waals surface area contributed by atoms with E-state index >= 15 is 0 Å². The van der Waals surface area contributed by atoms with Crippen molar-refractivity contribution < 1.29 is 28.6 Å². The number of hydrogen-bond acceptors (Lipinski definition) is 6. The second-order valence-corrected chi connectivity index (χ2v) is 8.32. The van der Waals surface area contributed by atoms with Gasteiger partial charge in [-0.05, 0) is 25.0 Å². The van der Waals surface area contributed by atoms with E-state index in [0.717, 1.165) is 25.7 Å². The summed E-state index contributed by atoms with van der Waals surface area (Å²) < 4.78 is 15.9. The first kappa shape index (κ1) is 25.4. The van der Waals surface area contributed by atoms with E-state index in [9.17, 15) is 14.4 Å². The van der Waals surface area contributed by atoms with Gasteiger partial charge in [0.05, 0.1) is 36.1 Å². The summed E-state index contributed by atoms with van der Waals surface area (Å²) in [5, 5.41) is 2.95. The number of likely N-dealkylation sites (tertiary alicyclic amines) is 1. The number of carbonyl (C=O) groups is 3. The third-order valence-electron chi connectivity index (χ3n) is 5.65. The Balaban J connectivity index is 1.79. The summed E-state index contributed by atoms with van der Waals surface area (Å²) in [4.78, 5) is 40.1. The summed E-state index contributed by atoms with van der Waals surface area (Å²) in [5.74, 6) is -0.928. The number of ether oxygens (including phenoxy) is 3. The molecule has 0 unspecified atom stereocenters. The highest BCUT2D eigenvalue weighted by Crippen LogP contribution is 2.34. The SMILES string of the molecule is COc1cc(NC(=O)c2ccccc2Cl)c(C(=O)OCC(=O)N2CCCCCCC2)cc1OC. The molecule has 0 spiro atoms. The van der Waals surface area contributed by atoms with Crippen LogP contribution in [0, 0.1) is 0 Å². The van der Waals surface area contributed by atoms with Crippen molar-refractivity contribution in [1.82, 2.24) is 4.90 Å². The van der Waals surface area contributed by atoms with Crippen LogP contribution in [0.25, 0.3) is 0 Å². The second-order valence-electron chi connectivity index (χ2n) is 7.91. The summed E-state index contributed by atoms with van der Waals surface area (Å²) in [5.41, 5.74) is 0.412. The quantitative estimate of drug-likeness (QED) is 0.574. The van der Waals surface area contributed by atoms with Crippen LogP contribution in [0.1, 0.15) is 52.8 Å². The Bertz CT molecular complexity index is 1030. The van der Waals surface area contributed by atoms with Crippen LogP contribution in [0.3, 0.4) is 0 Å². The van der Waals surface area contributed by atoms with E-state index in [1.54, 1.807) is 29.2 Å². The van der Waals surface area contributed by atoms with Gasteiger partial charge in [-0.2, -0.15) is 0 Å². The summed E-state index contributed by atoms with van der Waals surface area (Å²) in [6.07, 6.45) is 5.23. The molecule has 34 heavy (non-hydrogen) atoms. The predicted octanol–water partition coefficient (Wildman–Crippen LogP) is 4.56. The van der Waals surface area contributed by atoms with Gasteiger partial charge in [-0.25, -0.2) is 4.79 Å². The highest BCUT2D eigenvalue weighted by atomic mass is 35.5. The third-order valence-corrected chi connectivity index (χ3v) is 5.98. The lowest BCUT2D eigenvalue weighted by molar-refractivity contribution is -0.134. The molecular formula is C25H29ClN2O6. The summed E-state index contributed by atoms with van der Waals surface area (Å²) >= 11 is 6.13. The largest absolute Gasteiger partial charge is 0.493 e. The first-order valence-corrected chi connectivity index (χ1v) is 11.6. The Hall–Kier alpha value is -3.26. The number of esters is 1. The molecule has 0 atom stereocenters. The second kappa shape index (κ2) is 12.3. The van der Waals surface area contributed by atoms with Crippen LogP contribution in [-0.4, -0.2) is 56.6 Å². The minimum absolute atomic E-state index is 0.0264. The zero-order chi connectivity index (χ0) is 24.5. The maximum Gasteiger partial charge on any atom is 0.340 e. The van der Waals surface area contributed by atoms with E-state index in [1.165, 1.54) is 32.8 Å². The fraction of sp³-hybridized carbons (Fsp3) is 0.400. The molecule has 0 aliphatic carbocycles. The van der Waals surface area contributed by atoms with Gasteiger partial charge in [0.25, 0.3) is 11.8 Å². The fourth-order valence-corrected chi connectivity index (χ4v) is 4.00. The topological polar surface area (TPSA) is 94.2 Å². The molecule has 2 amide bonds. The molecule has 9 heteroatoms. The minimum Gasteiger partial charge on any atom is -0.493 e. The van der Waals surface area contributed by atoms with Crippen LogP contribution in [0.5, 0.6) is 11.5 Å². The number of amides is 2. The molecule has 0 bridgehead atoms. The van der Waals surface area contributed by atoms with Gasteiger partial charge in [0.1, 0.15) is 0 Å². The molecule has 2 aromatic carbocycles. The van der Waals surface area contributed by atoms with E-state index < -0.39 is 11.9 Å². The molecule has 2 aromatic rings. The van der Waals surface area contributed by atoms with E-state index in [0.29, 0.717) is 18.8 Å². The molecule has 1 fully saturated rings. The van der Waals surface area contributed by atoms with Gasteiger partial charge in [0.15, 0.2) is 18.1 Å². The van der Waals surface area contributed by atoms with E-state index in [4.69, 9.17) is 25.8 Å². The first-order valence-electron chi connectivity index (χ1n) is 11.2. The van der Waals surface area contributed by atoms with Gasteiger partial charge in [0, 0.05) is 25.2 Å². The van der Waals surface area contributed by atoms with E-state index in [2.05, 4.69) is 5.32 Å². The molecule has 1 aliphatic rings. The highest BCUT2D eigenvalue weighted by Gasteiger charge is 2.23. The highest BCUT2D eigenvalue weighted by molar-refractivity contribution is 6.34. The van der Waals surface area contributed by atoms with Gasteiger partial charge in [-0.1, -0.05) is 43.0 Å². The molecule has 0 aromatic heterocycles. The molecule has 1 saturated heterocycles. The molecule has 3 rings (SSSR count). The van der Waals surface area contributed by atoms with Crippen LogP contribution >= 0.6 is 11.6 Å². The lowest BCUT2D eigenvalue weighted by Crippen LogP contribution is -2.37. The van der Waals surface area contributed by atoms with E-state index in [-0.39, 0.29) is 40.1 Å². The Morgan fingerprint density at radius 1 is 0.912 bits per heavy atom. The monoisotopic (exact) mass is 488 g/mol. The average molecular weight is 489 g/mol. The maximum absolute atomic E-state index is 13.0. The number of halogens is 1. The molecule has 8 nitrogen and oxygen atoms in total. The molecule has 182 valence electrons. The molecule has 1 aliphatic heterocycles. The first-order chi connectivity index (χ1) is 16.4. The number of nitrogens with zero attached hydrogens (tertiary/aromatic N) is 1. The zero-order valence-corrected chi connectivity index (χ0v) is 20.2. The lowest BCUT2D eigenvalue weighted by atomic mass is 10.1. The number of anilines is 1. The van der Waals surface area contributed by atoms with Gasteiger partial charge >= 0.3 is 5.97 Å². The van der Waals surface area contributed by atoms with Crippen LogP contribution in [0.4, 0.5) is 5.69 Å². The molecule has 1 N–H and O–H groups in total. The van der Waals surface area contributed by atoms with Crippen LogP contribution in [0.15, 0.2) is 36.4 Å². The Kier molecular flexibility index (Phi) is 9.16. The van der Waals surface area contributed by atoms with Gasteiger partial charge in [-0.15, -0.1) is 0 Å². The van der Waals surface area contributed by atoms with Gasteiger partial charge in [0.2, 0.25) is 0 Å². The van der Waals surface area contributed by atoms with Gasteiger partial charge < -0.3 is 24.4 Å². The summed E-state index contributed by atoms with van der Waals surface area (Å²) in [6, 6.07) is 9.42. The van der Waals surface area contributed by atoms with Crippen molar-refractivity contribution in [3.05, 3.63) is 52.5 Å². The van der Waals surface area contributed by atoms with Crippen LogP contribution < -0.4 is 14.8 Å². The number of benzene rings is 2. The average Bonchev–Trinajstić information content (AvgIpc) is 2.82. The van der Waals surface area contributed by atoms with Gasteiger partial charge in [-0.3, -0.25) is 9.59 Å². The van der Waals surface area contributed by atoms with E-state index in [1.807, 2.05) is 0 Å². The Morgan fingerprint density at radius 3 is 2.18 bits per heavy atom. The Morgan fingerprint density at radius 2 is 1.53 bits per heavy atom. The summed E-state index contributed by atoms with van der Waals surface area (Å²) in [7, 11) is 2.87. The van der Waals surface area contributed by atoms with Crippen molar-refractivity contribution in [1.29, 1.82) is 0 Å². The van der Waals surface area contributed by atoms with Crippen molar-refractivity contribution in [2.24, 2.45) is 0 Å². The van der Waals surface area contributed by atoms with Crippen molar-refractivity contribution in [3.8, 4) is 11.5 Å². The maximum atomic E-state index is 13.0. The van der Waals surface area contributed by atoms with Crippen molar-refractivity contribution >= 4 is 35.1 Å².